The van der Waals surface area contributed by atoms with Gasteiger partial charge in [0.15, 0.2) is 0 Å². The summed E-state index contributed by atoms with van der Waals surface area (Å²) in [7, 11) is 0. The number of pyridine rings is 1. The zero-order chi connectivity index (χ0) is 19.1. The molecular formula is C22H22FN3S2. The Kier molecular flexibility index (Phi) is 4.77. The van der Waals surface area contributed by atoms with E-state index >= 15 is 0 Å². The van der Waals surface area contributed by atoms with Gasteiger partial charge in [-0.3, -0.25) is 0 Å². The molecule has 3 heterocycles. The second kappa shape index (κ2) is 7.41. The van der Waals surface area contributed by atoms with Crippen LogP contribution in [0.25, 0.3) is 20.4 Å². The molecule has 0 aliphatic heterocycles. The number of benzene rings is 1. The average molecular weight is 412 g/mol. The largest absolute Gasteiger partial charge is 0.352 e. The van der Waals surface area contributed by atoms with Crippen molar-refractivity contribution >= 4 is 54.5 Å². The quantitative estimate of drug-likeness (QED) is 0.355. The van der Waals surface area contributed by atoms with Crippen LogP contribution >= 0.6 is 22.7 Å². The third kappa shape index (κ3) is 3.29. The van der Waals surface area contributed by atoms with Gasteiger partial charge in [-0.15, -0.1) is 22.7 Å². The molecule has 3 aromatic heterocycles. The molecule has 0 spiro atoms. The van der Waals surface area contributed by atoms with Crippen molar-refractivity contribution in [2.75, 3.05) is 5.32 Å². The molecule has 2 atom stereocenters. The minimum absolute atomic E-state index is 0.255. The van der Waals surface area contributed by atoms with E-state index in [0.29, 0.717) is 17.5 Å². The summed E-state index contributed by atoms with van der Waals surface area (Å²) in [6.45, 7) is 2.38. The smallest absolute Gasteiger partial charge is 0.148 e. The van der Waals surface area contributed by atoms with Gasteiger partial charge < -0.3 is 5.32 Å². The van der Waals surface area contributed by atoms with Gasteiger partial charge in [0, 0.05) is 16.5 Å². The van der Waals surface area contributed by atoms with Gasteiger partial charge in [0.25, 0.3) is 0 Å². The summed E-state index contributed by atoms with van der Waals surface area (Å²) in [4.78, 5) is 11.3. The Morgan fingerprint density at radius 1 is 1.07 bits per heavy atom. The van der Waals surface area contributed by atoms with Crippen LogP contribution in [0.4, 0.5) is 15.8 Å². The Morgan fingerprint density at radius 3 is 2.89 bits per heavy atom. The number of hydrogen-bond donors (Lipinski definition) is 1. The third-order valence-electron chi connectivity index (χ3n) is 5.87. The highest BCUT2D eigenvalue weighted by Gasteiger charge is 2.24. The summed E-state index contributed by atoms with van der Waals surface area (Å²) in [5.41, 5.74) is 3.93. The lowest BCUT2D eigenvalue weighted by Gasteiger charge is -2.19. The Bertz CT molecular complexity index is 1130. The molecule has 0 amide bonds. The molecule has 1 aromatic carbocycles. The Labute approximate surface area is 171 Å². The predicted octanol–water partition coefficient (Wildman–Crippen LogP) is 7.47. The minimum Gasteiger partial charge on any atom is -0.352 e. The molecule has 1 aliphatic carbocycles. The predicted molar refractivity (Wildman–Crippen MR) is 117 cm³/mol. The standard InChI is InChI=1S/C22H22FN3S2/c1-13-5-3-2-4-6-14(13)20-9-15-17(7-8-24-22(15)28-20)26-18-11-19-21(10-16(18)23)27-12-25-19/h7-14H,2-6H2,1H3,(H,24,26)/t13-,14+/m1/s1. The van der Waals surface area contributed by atoms with Crippen LogP contribution in [0, 0.1) is 11.7 Å². The van der Waals surface area contributed by atoms with Crippen molar-refractivity contribution in [2.24, 2.45) is 5.92 Å². The normalized spacial score (nSPS) is 20.5. The SMILES string of the molecule is C[C@@H]1CCCCC[C@@H]1c1cc2c(Nc3cc4ncsc4cc3F)ccnc2s1. The molecule has 5 rings (SSSR count). The van der Waals surface area contributed by atoms with Gasteiger partial charge in [-0.05, 0) is 42.5 Å². The van der Waals surface area contributed by atoms with E-state index < -0.39 is 0 Å². The lowest BCUT2D eigenvalue weighted by atomic mass is 9.88. The maximum atomic E-state index is 14.6. The maximum Gasteiger partial charge on any atom is 0.148 e. The highest BCUT2D eigenvalue weighted by atomic mass is 32.1. The lowest BCUT2D eigenvalue weighted by molar-refractivity contribution is 0.440. The number of aromatic nitrogens is 2. The molecule has 0 bridgehead atoms. The van der Waals surface area contributed by atoms with Gasteiger partial charge in [-0.25, -0.2) is 14.4 Å². The summed E-state index contributed by atoms with van der Waals surface area (Å²) in [5.74, 6) is 1.06. The van der Waals surface area contributed by atoms with Crippen molar-refractivity contribution in [3.05, 3.63) is 46.7 Å². The third-order valence-corrected chi connectivity index (χ3v) is 7.84. The van der Waals surface area contributed by atoms with Crippen LogP contribution in [0.15, 0.2) is 36.0 Å². The monoisotopic (exact) mass is 411 g/mol. The van der Waals surface area contributed by atoms with Crippen LogP contribution < -0.4 is 5.32 Å². The molecule has 0 saturated heterocycles. The zero-order valence-electron chi connectivity index (χ0n) is 15.7. The summed E-state index contributed by atoms with van der Waals surface area (Å²) < 4.78 is 15.4. The molecule has 0 radical (unpaired) electrons. The number of nitrogens with one attached hydrogen (secondary N) is 1. The molecule has 144 valence electrons. The fourth-order valence-electron chi connectivity index (χ4n) is 4.29. The van der Waals surface area contributed by atoms with E-state index in [9.17, 15) is 4.39 Å². The van der Waals surface area contributed by atoms with Gasteiger partial charge in [0.1, 0.15) is 10.6 Å². The van der Waals surface area contributed by atoms with Crippen molar-refractivity contribution in [2.45, 2.75) is 44.9 Å². The van der Waals surface area contributed by atoms with E-state index in [1.54, 1.807) is 35.2 Å². The zero-order valence-corrected chi connectivity index (χ0v) is 17.4. The topological polar surface area (TPSA) is 37.8 Å². The highest BCUT2D eigenvalue weighted by Crippen LogP contribution is 2.42. The lowest BCUT2D eigenvalue weighted by Crippen LogP contribution is -2.06. The van der Waals surface area contributed by atoms with Crippen LogP contribution in [0.5, 0.6) is 0 Å². The van der Waals surface area contributed by atoms with Crippen molar-refractivity contribution < 1.29 is 4.39 Å². The molecule has 1 aliphatic rings. The van der Waals surface area contributed by atoms with Gasteiger partial charge in [-0.1, -0.05) is 32.6 Å². The average Bonchev–Trinajstić information content (AvgIpc) is 3.26. The molecule has 1 saturated carbocycles. The van der Waals surface area contributed by atoms with Crippen molar-refractivity contribution in [3.8, 4) is 0 Å². The molecular weight excluding hydrogens is 389 g/mol. The van der Waals surface area contributed by atoms with E-state index in [4.69, 9.17) is 0 Å². The second-order valence-electron chi connectivity index (χ2n) is 7.73. The molecule has 28 heavy (non-hydrogen) atoms. The minimum atomic E-state index is -0.255. The number of thiazole rings is 1. The van der Waals surface area contributed by atoms with Crippen molar-refractivity contribution in [1.29, 1.82) is 0 Å². The summed E-state index contributed by atoms with van der Waals surface area (Å²) in [5, 5.41) is 4.37. The van der Waals surface area contributed by atoms with Crippen molar-refractivity contribution in [3.63, 3.8) is 0 Å². The molecule has 0 unspecified atom stereocenters. The first-order valence-electron chi connectivity index (χ1n) is 9.87. The summed E-state index contributed by atoms with van der Waals surface area (Å²) >= 11 is 3.25. The Morgan fingerprint density at radius 2 is 1.96 bits per heavy atom. The molecule has 1 fully saturated rings. The summed E-state index contributed by atoms with van der Waals surface area (Å²) in [6, 6.07) is 7.55. The number of thiophene rings is 1. The van der Waals surface area contributed by atoms with Gasteiger partial charge in [0.2, 0.25) is 0 Å². The number of hydrogen-bond acceptors (Lipinski definition) is 5. The molecule has 6 heteroatoms. The number of rotatable bonds is 3. The Hall–Kier alpha value is -2.05. The second-order valence-corrected chi connectivity index (χ2v) is 9.67. The first-order valence-corrected chi connectivity index (χ1v) is 11.6. The number of nitrogens with zero attached hydrogens (tertiary/aromatic N) is 2. The van der Waals surface area contributed by atoms with E-state index in [-0.39, 0.29) is 5.82 Å². The first-order chi connectivity index (χ1) is 13.7. The maximum absolute atomic E-state index is 14.6. The van der Waals surface area contributed by atoms with Crippen LogP contribution in [0.1, 0.15) is 49.8 Å². The molecule has 1 N–H and O–H groups in total. The van der Waals surface area contributed by atoms with Crippen LogP contribution in [-0.2, 0) is 0 Å². The van der Waals surface area contributed by atoms with Crippen molar-refractivity contribution in [1.82, 2.24) is 9.97 Å². The Balaban J connectivity index is 1.52. The number of halogens is 1. The first kappa shape index (κ1) is 18.0. The van der Waals surface area contributed by atoms with Gasteiger partial charge in [0.05, 0.1) is 27.1 Å². The molecule has 3 nitrogen and oxygen atoms in total. The van der Waals surface area contributed by atoms with Gasteiger partial charge >= 0.3 is 0 Å². The fourth-order valence-corrected chi connectivity index (χ4v) is 6.26. The number of fused-ring (bicyclic) bond motifs is 2. The molecule has 4 aromatic rings. The number of anilines is 2. The van der Waals surface area contributed by atoms with Crippen LogP contribution in [-0.4, -0.2) is 9.97 Å². The van der Waals surface area contributed by atoms with Gasteiger partial charge in [-0.2, -0.15) is 0 Å². The van der Waals surface area contributed by atoms with E-state index in [2.05, 4.69) is 28.3 Å². The van der Waals surface area contributed by atoms with Crippen LogP contribution in [0.2, 0.25) is 0 Å². The van der Waals surface area contributed by atoms with E-state index in [1.807, 2.05) is 6.07 Å². The fraction of sp³-hybridized carbons (Fsp3) is 0.364. The summed E-state index contributed by atoms with van der Waals surface area (Å²) in [6.07, 6.45) is 8.35. The van der Waals surface area contributed by atoms with E-state index in [0.717, 1.165) is 26.1 Å². The van der Waals surface area contributed by atoms with E-state index in [1.165, 1.54) is 48.3 Å². The highest BCUT2D eigenvalue weighted by molar-refractivity contribution is 7.18. The van der Waals surface area contributed by atoms with Crippen LogP contribution in [0.3, 0.4) is 0 Å².